The third-order valence-corrected chi connectivity index (χ3v) is 5.70. The third kappa shape index (κ3) is 11.0. The molecular formula is C26H29N5O12. The first-order valence-electron chi connectivity index (χ1n) is 12.9. The summed E-state index contributed by atoms with van der Waals surface area (Å²) in [7, 11) is 1.24. The Balaban J connectivity index is 1.60. The number of rotatable bonds is 14. The van der Waals surface area contributed by atoms with E-state index in [2.05, 4.69) is 20.1 Å². The molecule has 230 valence electrons. The van der Waals surface area contributed by atoms with Crippen LogP contribution in [-0.4, -0.2) is 69.0 Å². The Morgan fingerprint density at radius 3 is 2.65 bits per heavy atom. The van der Waals surface area contributed by atoms with Crippen LogP contribution < -0.4 is 14.8 Å². The van der Waals surface area contributed by atoms with E-state index in [9.17, 15) is 24.5 Å². The Labute approximate surface area is 244 Å². The van der Waals surface area contributed by atoms with Gasteiger partial charge >= 0.3 is 18.2 Å². The van der Waals surface area contributed by atoms with Crippen LogP contribution in [0.25, 0.3) is 10.4 Å². The van der Waals surface area contributed by atoms with Crippen molar-refractivity contribution in [2.24, 2.45) is 5.11 Å². The van der Waals surface area contributed by atoms with E-state index in [1.54, 1.807) is 6.07 Å². The van der Waals surface area contributed by atoms with Crippen molar-refractivity contribution in [1.82, 2.24) is 0 Å². The van der Waals surface area contributed by atoms with E-state index in [0.29, 0.717) is 24.8 Å². The van der Waals surface area contributed by atoms with E-state index in [4.69, 9.17) is 34.0 Å². The van der Waals surface area contributed by atoms with Gasteiger partial charge in [-0.15, -0.1) is 0 Å². The second kappa shape index (κ2) is 17.0. The van der Waals surface area contributed by atoms with Crippen LogP contribution in [0.1, 0.15) is 24.8 Å². The molecule has 0 unspecified atom stereocenters. The largest absolute Gasteiger partial charge is 0.514 e. The molecule has 2 aromatic rings. The molecule has 1 amide bonds. The highest BCUT2D eigenvalue weighted by Crippen LogP contribution is 2.28. The van der Waals surface area contributed by atoms with E-state index in [-0.39, 0.29) is 55.8 Å². The van der Waals surface area contributed by atoms with Gasteiger partial charge in [0.25, 0.3) is 5.69 Å². The molecule has 2 aromatic carbocycles. The zero-order valence-corrected chi connectivity index (χ0v) is 23.0. The lowest BCUT2D eigenvalue weighted by atomic mass is 10.1. The predicted molar refractivity (Wildman–Crippen MR) is 145 cm³/mol. The van der Waals surface area contributed by atoms with Gasteiger partial charge in [0.05, 0.1) is 30.9 Å². The fraction of sp³-hybridized carbons (Fsp3) is 0.423. The van der Waals surface area contributed by atoms with Crippen molar-refractivity contribution in [2.45, 2.75) is 38.3 Å². The molecular weight excluding hydrogens is 574 g/mol. The van der Waals surface area contributed by atoms with Crippen LogP contribution in [0, 0.1) is 10.1 Å². The van der Waals surface area contributed by atoms with Crippen molar-refractivity contribution in [2.75, 3.05) is 38.8 Å². The van der Waals surface area contributed by atoms with Gasteiger partial charge in [0.15, 0.2) is 6.10 Å². The molecule has 1 aliphatic heterocycles. The van der Waals surface area contributed by atoms with Crippen molar-refractivity contribution in [3.8, 4) is 11.5 Å². The maximum Gasteiger partial charge on any atom is 0.514 e. The molecule has 1 N–H and O–H groups in total. The van der Waals surface area contributed by atoms with Crippen LogP contribution >= 0.6 is 0 Å². The molecule has 17 nitrogen and oxygen atoms in total. The number of non-ortho nitro benzene ring substituents is 1. The monoisotopic (exact) mass is 603 g/mol. The number of hydrogen-bond donors (Lipinski definition) is 1. The third-order valence-electron chi connectivity index (χ3n) is 5.70. The number of nitrogens with zero attached hydrogens (tertiary/aromatic N) is 4. The molecule has 0 aliphatic carbocycles. The highest BCUT2D eigenvalue weighted by Gasteiger charge is 2.31. The fourth-order valence-electron chi connectivity index (χ4n) is 3.69. The van der Waals surface area contributed by atoms with Crippen molar-refractivity contribution >= 4 is 29.6 Å². The van der Waals surface area contributed by atoms with Gasteiger partial charge in [0.1, 0.15) is 24.7 Å². The van der Waals surface area contributed by atoms with Gasteiger partial charge in [-0.05, 0) is 48.2 Å². The zero-order chi connectivity index (χ0) is 31.0. The van der Waals surface area contributed by atoms with Crippen molar-refractivity contribution < 1.29 is 52.5 Å². The molecule has 43 heavy (non-hydrogen) atoms. The summed E-state index contributed by atoms with van der Waals surface area (Å²) in [5, 5.41) is 16.7. The van der Waals surface area contributed by atoms with Crippen LogP contribution in [0.3, 0.4) is 0 Å². The minimum atomic E-state index is -1.05. The SMILES string of the molecule is COC(=O)[C@@H]1CCC[C@H](OC(=O)Nc2ccc(COC(=O)Oc3ccc([N+](=O)[O-])cc3)cc2OCCOCCN=[N+]=[N-])O1. The molecule has 1 aliphatic rings. The number of esters is 1. The molecule has 0 spiro atoms. The molecule has 3 rings (SSSR count). The van der Waals surface area contributed by atoms with Gasteiger partial charge in [-0.3, -0.25) is 15.4 Å². The number of nitro groups is 1. The van der Waals surface area contributed by atoms with Crippen LogP contribution in [0.2, 0.25) is 0 Å². The number of azide groups is 1. The van der Waals surface area contributed by atoms with E-state index in [0.717, 1.165) is 0 Å². The Kier molecular flexibility index (Phi) is 12.8. The van der Waals surface area contributed by atoms with Gasteiger partial charge in [0.2, 0.25) is 6.29 Å². The first-order chi connectivity index (χ1) is 20.8. The number of nitro benzene ring substituents is 1. The molecule has 0 saturated carbocycles. The zero-order valence-electron chi connectivity index (χ0n) is 23.0. The number of benzene rings is 2. The number of carbonyl (C=O) groups excluding carboxylic acids is 3. The molecule has 1 saturated heterocycles. The minimum Gasteiger partial charge on any atom is -0.489 e. The van der Waals surface area contributed by atoms with Crippen LogP contribution in [0.5, 0.6) is 11.5 Å². The summed E-state index contributed by atoms with van der Waals surface area (Å²) in [5.41, 5.74) is 8.85. The van der Waals surface area contributed by atoms with E-state index in [1.165, 1.54) is 43.5 Å². The van der Waals surface area contributed by atoms with Gasteiger partial charge < -0.3 is 33.2 Å². The maximum atomic E-state index is 12.6. The number of hydrogen-bond acceptors (Lipinski definition) is 13. The maximum absolute atomic E-state index is 12.6. The molecule has 1 fully saturated rings. The average molecular weight is 604 g/mol. The number of nitrogens with one attached hydrogen (secondary N) is 1. The Morgan fingerprint density at radius 1 is 1.14 bits per heavy atom. The van der Waals surface area contributed by atoms with Crippen molar-refractivity contribution in [3.05, 3.63) is 68.6 Å². The van der Waals surface area contributed by atoms with Crippen molar-refractivity contribution in [1.29, 1.82) is 0 Å². The number of methoxy groups -OCH3 is 1. The number of ether oxygens (including phenoxy) is 7. The fourth-order valence-corrected chi connectivity index (χ4v) is 3.69. The topological polar surface area (TPSA) is 220 Å². The lowest BCUT2D eigenvalue weighted by molar-refractivity contribution is -0.384. The van der Waals surface area contributed by atoms with Gasteiger partial charge in [-0.25, -0.2) is 14.4 Å². The lowest BCUT2D eigenvalue weighted by Crippen LogP contribution is -2.37. The second-order valence-electron chi connectivity index (χ2n) is 8.68. The number of anilines is 1. The van der Waals surface area contributed by atoms with Crippen LogP contribution in [0.15, 0.2) is 47.6 Å². The van der Waals surface area contributed by atoms with E-state index in [1.807, 2.05) is 0 Å². The molecule has 1 heterocycles. The van der Waals surface area contributed by atoms with Crippen LogP contribution in [-0.2, 0) is 35.1 Å². The Bertz CT molecular complexity index is 1320. The van der Waals surface area contributed by atoms with E-state index >= 15 is 0 Å². The molecule has 2 atom stereocenters. The highest BCUT2D eigenvalue weighted by molar-refractivity contribution is 5.87. The summed E-state index contributed by atoms with van der Waals surface area (Å²) in [6.45, 7) is 0.291. The summed E-state index contributed by atoms with van der Waals surface area (Å²) in [6.07, 6.45) is -2.27. The van der Waals surface area contributed by atoms with Gasteiger partial charge in [-0.2, -0.15) is 0 Å². The number of carbonyl (C=O) groups is 3. The predicted octanol–water partition coefficient (Wildman–Crippen LogP) is 4.63. The normalized spacial score (nSPS) is 15.7. The molecule has 0 aromatic heterocycles. The first-order valence-corrected chi connectivity index (χ1v) is 12.9. The highest BCUT2D eigenvalue weighted by atomic mass is 16.7. The van der Waals surface area contributed by atoms with Crippen molar-refractivity contribution in [3.63, 3.8) is 0 Å². The lowest BCUT2D eigenvalue weighted by Gasteiger charge is -2.27. The van der Waals surface area contributed by atoms with E-state index < -0.39 is 35.5 Å². The Morgan fingerprint density at radius 2 is 1.93 bits per heavy atom. The summed E-state index contributed by atoms with van der Waals surface area (Å²) < 4.78 is 36.7. The summed E-state index contributed by atoms with van der Waals surface area (Å²) >= 11 is 0. The molecule has 17 heteroatoms. The van der Waals surface area contributed by atoms with Crippen LogP contribution in [0.4, 0.5) is 21.0 Å². The minimum absolute atomic E-state index is 0.0537. The molecule has 0 radical (unpaired) electrons. The quantitative estimate of drug-likeness (QED) is 0.0359. The second-order valence-corrected chi connectivity index (χ2v) is 8.68. The summed E-state index contributed by atoms with van der Waals surface area (Å²) in [4.78, 5) is 49.3. The smallest absolute Gasteiger partial charge is 0.489 e. The summed E-state index contributed by atoms with van der Waals surface area (Å²) in [5.74, 6) is -0.309. The first kappa shape index (κ1) is 32.4. The Hall–Kier alpha value is -5.12. The molecule has 0 bridgehead atoms. The van der Waals surface area contributed by atoms with Gasteiger partial charge in [-0.1, -0.05) is 11.2 Å². The standard InChI is InChI=1S/C26H29N5O12/c1-37-24(32)21-3-2-4-23(42-21)43-25(33)29-20-10-5-17(15-22(20)39-14-13-38-12-11-28-30-27)16-40-26(34)41-19-8-6-18(7-9-19)31(35)36/h5-10,15,21,23H,2-4,11-14,16H2,1H3,(H,29,33)/t21-,23-/m0/s1. The average Bonchev–Trinajstić information content (AvgIpc) is 3.00. The number of amides is 1. The summed E-state index contributed by atoms with van der Waals surface area (Å²) in [6, 6.07) is 9.45. The van der Waals surface area contributed by atoms with Gasteiger partial charge in [0, 0.05) is 30.0 Å².